The monoisotopic (exact) mass is 152 g/mol. The normalized spacial score (nSPS) is 45.0. The van der Waals surface area contributed by atoms with E-state index in [1.54, 1.807) is 0 Å². The van der Waals surface area contributed by atoms with Crippen LogP contribution in [0.15, 0.2) is 0 Å². The number of aliphatic hydroxyl groups is 2. The standard InChI is InChI=1S/C5H9ClO3/c6-5(8)2-1-4(7)3-9-5/h4,7-8H,1-3H2. The Kier molecular flexibility index (Phi) is 1.96. The first-order valence-corrected chi connectivity index (χ1v) is 3.21. The van der Waals surface area contributed by atoms with Crippen molar-refractivity contribution in [3.8, 4) is 0 Å². The molecule has 2 N–H and O–H groups in total. The molecule has 0 aliphatic carbocycles. The van der Waals surface area contributed by atoms with Crippen molar-refractivity contribution in [1.29, 1.82) is 0 Å². The molecular weight excluding hydrogens is 144 g/mol. The Hall–Kier alpha value is 0.170. The molecule has 0 aromatic rings. The van der Waals surface area contributed by atoms with Gasteiger partial charge < -0.3 is 14.9 Å². The zero-order chi connectivity index (χ0) is 6.91. The minimum Gasteiger partial charge on any atom is -0.391 e. The van der Waals surface area contributed by atoms with Gasteiger partial charge in [-0.15, -0.1) is 0 Å². The van der Waals surface area contributed by atoms with E-state index in [0.717, 1.165) is 0 Å². The number of hydrogen-bond acceptors (Lipinski definition) is 3. The maximum absolute atomic E-state index is 8.92. The molecule has 1 aliphatic rings. The van der Waals surface area contributed by atoms with E-state index in [1.165, 1.54) is 0 Å². The minimum absolute atomic E-state index is 0.125. The van der Waals surface area contributed by atoms with Gasteiger partial charge in [-0.25, -0.2) is 0 Å². The Morgan fingerprint density at radius 1 is 1.67 bits per heavy atom. The third kappa shape index (κ3) is 2.10. The summed E-state index contributed by atoms with van der Waals surface area (Å²) < 4.78 is 4.65. The second-order valence-corrected chi connectivity index (χ2v) is 2.78. The highest BCUT2D eigenvalue weighted by atomic mass is 35.5. The van der Waals surface area contributed by atoms with Gasteiger partial charge in [0, 0.05) is 6.42 Å². The fourth-order valence-electron chi connectivity index (χ4n) is 0.724. The second kappa shape index (κ2) is 2.42. The molecule has 0 saturated carbocycles. The lowest BCUT2D eigenvalue weighted by molar-refractivity contribution is -0.188. The minimum atomic E-state index is -1.53. The van der Waals surface area contributed by atoms with Gasteiger partial charge in [0.15, 0.2) is 0 Å². The average Bonchev–Trinajstić information content (AvgIpc) is 1.78. The molecule has 2 unspecified atom stereocenters. The fourth-order valence-corrected chi connectivity index (χ4v) is 0.896. The van der Waals surface area contributed by atoms with E-state index in [4.69, 9.17) is 21.8 Å². The van der Waals surface area contributed by atoms with Crippen molar-refractivity contribution in [3.05, 3.63) is 0 Å². The molecule has 0 bridgehead atoms. The Labute approximate surface area is 58.2 Å². The van der Waals surface area contributed by atoms with Crippen LogP contribution in [0.4, 0.5) is 0 Å². The molecular formula is C5H9ClO3. The van der Waals surface area contributed by atoms with Crippen molar-refractivity contribution >= 4 is 11.6 Å². The van der Waals surface area contributed by atoms with Crippen LogP contribution in [0, 0.1) is 0 Å². The molecule has 0 aromatic heterocycles. The van der Waals surface area contributed by atoms with Crippen LogP contribution < -0.4 is 0 Å². The Balaban J connectivity index is 2.35. The number of halogens is 1. The Morgan fingerprint density at radius 3 is 2.67 bits per heavy atom. The van der Waals surface area contributed by atoms with Crippen LogP contribution in [-0.2, 0) is 4.74 Å². The molecule has 54 valence electrons. The Bertz CT molecular complexity index is 94.4. The maximum atomic E-state index is 8.92. The van der Waals surface area contributed by atoms with Crippen LogP contribution in [-0.4, -0.2) is 28.2 Å². The van der Waals surface area contributed by atoms with Gasteiger partial charge in [0.2, 0.25) is 5.25 Å². The van der Waals surface area contributed by atoms with Gasteiger partial charge in [-0.1, -0.05) is 11.6 Å². The lowest BCUT2D eigenvalue weighted by Crippen LogP contribution is -2.36. The van der Waals surface area contributed by atoms with E-state index < -0.39 is 11.4 Å². The van der Waals surface area contributed by atoms with Crippen molar-refractivity contribution in [2.24, 2.45) is 0 Å². The molecule has 0 spiro atoms. The summed E-state index contributed by atoms with van der Waals surface area (Å²) in [5.74, 6) is 0. The summed E-state index contributed by atoms with van der Waals surface area (Å²) in [5.41, 5.74) is 0. The van der Waals surface area contributed by atoms with Crippen LogP contribution in [0.1, 0.15) is 12.8 Å². The summed E-state index contributed by atoms with van der Waals surface area (Å²) in [6.07, 6.45) is 0.319. The number of hydrogen-bond donors (Lipinski definition) is 2. The van der Waals surface area contributed by atoms with Gasteiger partial charge >= 0.3 is 0 Å². The average molecular weight is 153 g/mol. The molecule has 9 heavy (non-hydrogen) atoms. The smallest absolute Gasteiger partial charge is 0.245 e. The molecule has 1 aliphatic heterocycles. The first kappa shape index (κ1) is 7.28. The van der Waals surface area contributed by atoms with E-state index in [0.29, 0.717) is 6.42 Å². The molecule has 2 atom stereocenters. The molecule has 0 aromatic carbocycles. The van der Waals surface area contributed by atoms with E-state index in [-0.39, 0.29) is 13.0 Å². The molecule has 1 heterocycles. The van der Waals surface area contributed by atoms with E-state index in [1.807, 2.05) is 0 Å². The van der Waals surface area contributed by atoms with Gasteiger partial charge in [-0.05, 0) is 6.42 Å². The largest absolute Gasteiger partial charge is 0.391 e. The summed E-state index contributed by atoms with van der Waals surface area (Å²) in [7, 11) is 0. The maximum Gasteiger partial charge on any atom is 0.245 e. The molecule has 4 heteroatoms. The third-order valence-electron chi connectivity index (χ3n) is 1.28. The number of ether oxygens (including phenoxy) is 1. The summed E-state index contributed by atoms with van der Waals surface area (Å²) in [5, 5.41) is 16.2. The number of rotatable bonds is 0. The van der Waals surface area contributed by atoms with Crippen LogP contribution in [0.2, 0.25) is 0 Å². The highest BCUT2D eigenvalue weighted by Crippen LogP contribution is 2.25. The molecule has 1 fully saturated rings. The molecule has 0 amide bonds. The highest BCUT2D eigenvalue weighted by molar-refractivity contribution is 6.21. The second-order valence-electron chi connectivity index (χ2n) is 2.19. The number of alkyl halides is 1. The van der Waals surface area contributed by atoms with Crippen molar-refractivity contribution in [2.45, 2.75) is 24.2 Å². The predicted molar refractivity (Wildman–Crippen MR) is 32.0 cm³/mol. The van der Waals surface area contributed by atoms with Gasteiger partial charge in [0.05, 0.1) is 12.7 Å². The van der Waals surface area contributed by atoms with Gasteiger partial charge in [0.25, 0.3) is 0 Å². The van der Waals surface area contributed by atoms with Crippen molar-refractivity contribution in [3.63, 3.8) is 0 Å². The van der Waals surface area contributed by atoms with Crippen molar-refractivity contribution in [2.75, 3.05) is 6.61 Å². The zero-order valence-electron chi connectivity index (χ0n) is 4.88. The SMILES string of the molecule is OC1CCC(O)(Cl)OC1. The molecule has 0 radical (unpaired) electrons. The van der Waals surface area contributed by atoms with Crippen molar-refractivity contribution in [1.82, 2.24) is 0 Å². The van der Waals surface area contributed by atoms with E-state index >= 15 is 0 Å². The van der Waals surface area contributed by atoms with Crippen molar-refractivity contribution < 1.29 is 14.9 Å². The van der Waals surface area contributed by atoms with Gasteiger partial charge in [0.1, 0.15) is 0 Å². The molecule has 1 rings (SSSR count). The molecule has 3 nitrogen and oxygen atoms in total. The molecule has 1 saturated heterocycles. The van der Waals surface area contributed by atoms with Gasteiger partial charge in [-0.3, -0.25) is 0 Å². The van der Waals surface area contributed by atoms with Gasteiger partial charge in [-0.2, -0.15) is 0 Å². The lowest BCUT2D eigenvalue weighted by atomic mass is 10.1. The van der Waals surface area contributed by atoms with Crippen LogP contribution in [0.3, 0.4) is 0 Å². The quantitative estimate of drug-likeness (QED) is 0.482. The zero-order valence-corrected chi connectivity index (χ0v) is 5.64. The summed E-state index contributed by atoms with van der Waals surface area (Å²) in [4.78, 5) is 0. The predicted octanol–water partition coefficient (Wildman–Crippen LogP) is 0.0426. The summed E-state index contributed by atoms with van der Waals surface area (Å²) in [6.45, 7) is 0.125. The topological polar surface area (TPSA) is 49.7 Å². The highest BCUT2D eigenvalue weighted by Gasteiger charge is 2.30. The summed E-state index contributed by atoms with van der Waals surface area (Å²) >= 11 is 5.36. The van der Waals surface area contributed by atoms with Crippen LogP contribution >= 0.6 is 11.6 Å². The number of aliphatic hydroxyl groups excluding tert-OH is 1. The fraction of sp³-hybridized carbons (Fsp3) is 1.00. The lowest BCUT2D eigenvalue weighted by Gasteiger charge is -2.28. The summed E-state index contributed by atoms with van der Waals surface area (Å²) in [6, 6.07) is 0. The van der Waals surface area contributed by atoms with E-state index in [2.05, 4.69) is 4.74 Å². The third-order valence-corrected chi connectivity index (χ3v) is 1.58. The van der Waals surface area contributed by atoms with Crippen LogP contribution in [0.25, 0.3) is 0 Å². The first-order valence-electron chi connectivity index (χ1n) is 2.83. The Morgan fingerprint density at radius 2 is 2.33 bits per heavy atom. The van der Waals surface area contributed by atoms with E-state index in [9.17, 15) is 0 Å². The first-order chi connectivity index (χ1) is 4.10. The van der Waals surface area contributed by atoms with Crippen LogP contribution in [0.5, 0.6) is 0 Å².